The van der Waals surface area contributed by atoms with Crippen molar-refractivity contribution in [2.24, 2.45) is 0 Å². The Bertz CT molecular complexity index is 311. The first-order valence-corrected chi connectivity index (χ1v) is 6.84. The number of unbranched alkanes of at least 4 members (excludes halogenated alkanes) is 3. The van der Waals surface area contributed by atoms with E-state index in [1.807, 2.05) is 12.1 Å². The number of phenolic OH excluding ortho intramolecular Hbond substituents is 1. The highest BCUT2D eigenvalue weighted by Gasteiger charge is 2.02. The number of nitrogens with one attached hydrogen (secondary N) is 1. The van der Waals surface area contributed by atoms with Gasteiger partial charge in [-0.05, 0) is 50.4 Å². The number of hydrogen-bond donors (Lipinski definition) is 3. The van der Waals surface area contributed by atoms with E-state index in [0.717, 1.165) is 25.8 Å². The van der Waals surface area contributed by atoms with E-state index in [2.05, 4.69) is 12.2 Å². The molecule has 1 atom stereocenters. The molecule has 0 heterocycles. The zero-order chi connectivity index (χ0) is 13.2. The first-order valence-electron chi connectivity index (χ1n) is 6.84. The van der Waals surface area contributed by atoms with E-state index in [0.29, 0.717) is 18.4 Å². The number of aliphatic hydroxyl groups is 1. The van der Waals surface area contributed by atoms with E-state index in [4.69, 9.17) is 5.11 Å². The van der Waals surface area contributed by atoms with Crippen molar-refractivity contribution in [1.82, 2.24) is 5.32 Å². The number of rotatable bonds is 9. The summed E-state index contributed by atoms with van der Waals surface area (Å²) < 4.78 is 0. The van der Waals surface area contributed by atoms with Gasteiger partial charge in [-0.25, -0.2) is 0 Å². The van der Waals surface area contributed by atoms with Crippen molar-refractivity contribution in [2.75, 3.05) is 13.2 Å². The maximum atomic E-state index is 9.20. The second kappa shape index (κ2) is 8.95. The lowest BCUT2D eigenvalue weighted by molar-refractivity contribution is 0.282. The molecule has 3 heteroatoms. The van der Waals surface area contributed by atoms with Crippen LogP contribution in [0.3, 0.4) is 0 Å². The molecule has 0 saturated carbocycles. The summed E-state index contributed by atoms with van der Waals surface area (Å²) in [5, 5.41) is 21.4. The lowest BCUT2D eigenvalue weighted by Gasteiger charge is -2.13. The highest BCUT2D eigenvalue weighted by atomic mass is 16.3. The Morgan fingerprint density at radius 2 is 1.72 bits per heavy atom. The van der Waals surface area contributed by atoms with Gasteiger partial charge in [-0.2, -0.15) is 0 Å². The van der Waals surface area contributed by atoms with Crippen LogP contribution in [0.15, 0.2) is 24.3 Å². The molecule has 0 saturated heterocycles. The van der Waals surface area contributed by atoms with Crippen molar-refractivity contribution in [1.29, 1.82) is 0 Å². The average molecular weight is 251 g/mol. The molecule has 0 aliphatic carbocycles. The molecule has 0 spiro atoms. The third-order valence-corrected chi connectivity index (χ3v) is 3.06. The molecule has 1 aromatic carbocycles. The maximum Gasteiger partial charge on any atom is 0.115 e. The fourth-order valence-corrected chi connectivity index (χ4v) is 2.00. The summed E-state index contributed by atoms with van der Waals surface area (Å²) in [6, 6.07) is 7.85. The molecule has 3 N–H and O–H groups in total. The standard InChI is InChI=1S/C15H25NO2/c1-13(16-10-4-2-3-5-11-17)12-14-6-8-15(18)9-7-14/h6-9,13,16-18H,2-5,10-12H2,1H3. The van der Waals surface area contributed by atoms with Gasteiger partial charge in [0.05, 0.1) is 0 Å². The molecular formula is C15H25NO2. The van der Waals surface area contributed by atoms with Crippen molar-refractivity contribution in [2.45, 2.75) is 45.1 Å². The van der Waals surface area contributed by atoms with Crippen LogP contribution >= 0.6 is 0 Å². The molecule has 0 bridgehead atoms. The molecule has 0 amide bonds. The van der Waals surface area contributed by atoms with E-state index in [-0.39, 0.29) is 0 Å². The Kier molecular flexibility index (Phi) is 7.46. The van der Waals surface area contributed by atoms with Gasteiger partial charge < -0.3 is 15.5 Å². The number of aromatic hydroxyl groups is 1. The summed E-state index contributed by atoms with van der Waals surface area (Å²) in [5.74, 6) is 0.322. The number of benzene rings is 1. The van der Waals surface area contributed by atoms with Crippen LogP contribution in [0.5, 0.6) is 5.75 Å². The highest BCUT2D eigenvalue weighted by Crippen LogP contribution is 2.11. The van der Waals surface area contributed by atoms with E-state index in [1.54, 1.807) is 12.1 Å². The third kappa shape index (κ3) is 6.62. The lowest BCUT2D eigenvalue weighted by Crippen LogP contribution is -2.28. The topological polar surface area (TPSA) is 52.5 Å². The summed E-state index contributed by atoms with van der Waals surface area (Å²) in [7, 11) is 0. The second-order valence-electron chi connectivity index (χ2n) is 4.86. The van der Waals surface area contributed by atoms with Gasteiger partial charge in [-0.1, -0.05) is 25.0 Å². The first kappa shape index (κ1) is 15.0. The smallest absolute Gasteiger partial charge is 0.115 e. The molecule has 18 heavy (non-hydrogen) atoms. The van der Waals surface area contributed by atoms with Crippen LogP contribution in [-0.2, 0) is 6.42 Å². The maximum absolute atomic E-state index is 9.20. The predicted molar refractivity (Wildman–Crippen MR) is 74.8 cm³/mol. The zero-order valence-corrected chi connectivity index (χ0v) is 11.2. The van der Waals surface area contributed by atoms with Crippen molar-refractivity contribution in [3.63, 3.8) is 0 Å². The molecule has 0 aliphatic heterocycles. The van der Waals surface area contributed by atoms with Gasteiger partial charge in [0.2, 0.25) is 0 Å². The molecule has 0 aromatic heterocycles. The third-order valence-electron chi connectivity index (χ3n) is 3.06. The van der Waals surface area contributed by atoms with Crippen LogP contribution in [-0.4, -0.2) is 29.4 Å². The van der Waals surface area contributed by atoms with Crippen LogP contribution in [0, 0.1) is 0 Å². The van der Waals surface area contributed by atoms with E-state index >= 15 is 0 Å². The Labute approximate surface area is 110 Å². The van der Waals surface area contributed by atoms with Gasteiger partial charge in [-0.15, -0.1) is 0 Å². The monoisotopic (exact) mass is 251 g/mol. The molecule has 1 rings (SSSR count). The minimum atomic E-state index is 0.310. The molecule has 0 radical (unpaired) electrons. The first-order chi connectivity index (χ1) is 8.72. The fraction of sp³-hybridized carbons (Fsp3) is 0.600. The van der Waals surface area contributed by atoms with E-state index in [9.17, 15) is 5.11 Å². The van der Waals surface area contributed by atoms with Crippen LogP contribution in [0.4, 0.5) is 0 Å². The SMILES string of the molecule is CC(Cc1ccc(O)cc1)NCCCCCCO. The molecule has 1 aromatic rings. The van der Waals surface area contributed by atoms with Crippen molar-refractivity contribution in [3.8, 4) is 5.75 Å². The van der Waals surface area contributed by atoms with Gasteiger partial charge in [0, 0.05) is 12.6 Å². The van der Waals surface area contributed by atoms with Crippen LogP contribution in [0.2, 0.25) is 0 Å². The molecule has 0 fully saturated rings. The van der Waals surface area contributed by atoms with Crippen LogP contribution < -0.4 is 5.32 Å². The number of hydrogen-bond acceptors (Lipinski definition) is 3. The van der Waals surface area contributed by atoms with Gasteiger partial charge in [0.25, 0.3) is 0 Å². The molecule has 0 aliphatic rings. The minimum Gasteiger partial charge on any atom is -0.508 e. The Morgan fingerprint density at radius 1 is 1.06 bits per heavy atom. The van der Waals surface area contributed by atoms with E-state index in [1.165, 1.54) is 18.4 Å². The van der Waals surface area contributed by atoms with Crippen LogP contribution in [0.1, 0.15) is 38.2 Å². The van der Waals surface area contributed by atoms with E-state index < -0.39 is 0 Å². The quantitative estimate of drug-likeness (QED) is 0.591. The van der Waals surface area contributed by atoms with Crippen LogP contribution in [0.25, 0.3) is 0 Å². The summed E-state index contributed by atoms with van der Waals surface area (Å²) in [6.07, 6.45) is 5.36. The zero-order valence-electron chi connectivity index (χ0n) is 11.2. The molecule has 3 nitrogen and oxygen atoms in total. The predicted octanol–water partition coefficient (Wildman–Crippen LogP) is 2.47. The van der Waals surface area contributed by atoms with Gasteiger partial charge in [0.1, 0.15) is 5.75 Å². The average Bonchev–Trinajstić information content (AvgIpc) is 2.36. The highest BCUT2D eigenvalue weighted by molar-refractivity contribution is 5.26. The summed E-state index contributed by atoms with van der Waals surface area (Å²) >= 11 is 0. The summed E-state index contributed by atoms with van der Waals surface area (Å²) in [6.45, 7) is 3.52. The second-order valence-corrected chi connectivity index (χ2v) is 4.86. The van der Waals surface area contributed by atoms with Crippen molar-refractivity contribution < 1.29 is 10.2 Å². The number of aliphatic hydroxyl groups excluding tert-OH is 1. The summed E-state index contributed by atoms with van der Waals surface area (Å²) in [4.78, 5) is 0. The fourth-order valence-electron chi connectivity index (χ4n) is 2.00. The number of phenols is 1. The Morgan fingerprint density at radius 3 is 2.39 bits per heavy atom. The lowest BCUT2D eigenvalue weighted by atomic mass is 10.1. The summed E-state index contributed by atoms with van der Waals surface area (Å²) in [5.41, 5.74) is 1.24. The minimum absolute atomic E-state index is 0.310. The largest absolute Gasteiger partial charge is 0.508 e. The van der Waals surface area contributed by atoms with Gasteiger partial charge in [0.15, 0.2) is 0 Å². The van der Waals surface area contributed by atoms with Gasteiger partial charge in [-0.3, -0.25) is 0 Å². The van der Waals surface area contributed by atoms with Crippen molar-refractivity contribution in [3.05, 3.63) is 29.8 Å². The molecule has 102 valence electrons. The molecular weight excluding hydrogens is 226 g/mol. The van der Waals surface area contributed by atoms with Crippen molar-refractivity contribution >= 4 is 0 Å². The van der Waals surface area contributed by atoms with Gasteiger partial charge >= 0.3 is 0 Å². The Balaban J connectivity index is 2.10. The Hall–Kier alpha value is -1.06. The molecule has 1 unspecified atom stereocenters. The normalized spacial score (nSPS) is 12.6.